The lowest BCUT2D eigenvalue weighted by Gasteiger charge is -2.18. The Morgan fingerprint density at radius 1 is 1.27 bits per heavy atom. The van der Waals surface area contributed by atoms with Crippen LogP contribution in [-0.4, -0.2) is 40.3 Å². The van der Waals surface area contributed by atoms with Gasteiger partial charge in [0, 0.05) is 31.8 Å². The lowest BCUT2D eigenvalue weighted by Crippen LogP contribution is -2.32. The first kappa shape index (κ1) is 16.4. The van der Waals surface area contributed by atoms with Crippen molar-refractivity contribution in [2.24, 2.45) is 0 Å². The molecule has 0 bridgehead atoms. The van der Waals surface area contributed by atoms with Crippen LogP contribution in [-0.2, 0) is 16.6 Å². The molecule has 1 aromatic carbocycles. The van der Waals surface area contributed by atoms with E-state index >= 15 is 0 Å². The Bertz CT molecular complexity index is 809. The van der Waals surface area contributed by atoms with E-state index in [0.29, 0.717) is 30.7 Å². The molecular weight excluding hydrogens is 308 g/mol. The van der Waals surface area contributed by atoms with Gasteiger partial charge < -0.3 is 4.57 Å². The van der Waals surface area contributed by atoms with E-state index in [2.05, 4.69) is 4.98 Å². The van der Waals surface area contributed by atoms with Gasteiger partial charge in [-0.1, -0.05) is 13.8 Å². The van der Waals surface area contributed by atoms with Crippen molar-refractivity contribution in [3.8, 4) is 0 Å². The van der Waals surface area contributed by atoms with Gasteiger partial charge >= 0.3 is 0 Å². The van der Waals surface area contributed by atoms with Crippen LogP contribution in [0, 0.1) is 10.1 Å². The molecule has 0 fully saturated rings. The molecule has 2 aromatic rings. The number of rotatable bonds is 6. The molecule has 0 radical (unpaired) electrons. The minimum Gasteiger partial charge on any atom is -0.314 e. The summed E-state index contributed by atoms with van der Waals surface area (Å²) < 4.78 is 28.2. The Labute approximate surface area is 128 Å². The molecule has 0 aliphatic heterocycles. The van der Waals surface area contributed by atoms with Gasteiger partial charge in [-0.15, -0.1) is 0 Å². The van der Waals surface area contributed by atoms with Gasteiger partial charge in [0.1, 0.15) is 0 Å². The van der Waals surface area contributed by atoms with Gasteiger partial charge in [0.15, 0.2) is 0 Å². The highest BCUT2D eigenvalue weighted by molar-refractivity contribution is 7.89. The third-order valence-electron chi connectivity index (χ3n) is 3.50. The molecule has 0 unspecified atom stereocenters. The van der Waals surface area contributed by atoms with Gasteiger partial charge in [-0.05, 0) is 13.0 Å². The van der Waals surface area contributed by atoms with E-state index in [1.807, 2.05) is 0 Å². The second-order valence-electron chi connectivity index (χ2n) is 4.66. The molecule has 1 heterocycles. The molecule has 120 valence electrons. The van der Waals surface area contributed by atoms with E-state index in [9.17, 15) is 18.5 Å². The molecule has 0 N–H and O–H groups in total. The molecular formula is C13H18N4O4S. The minimum absolute atomic E-state index is 0.0748. The Hall–Kier alpha value is -2.00. The quantitative estimate of drug-likeness (QED) is 0.597. The van der Waals surface area contributed by atoms with Crippen molar-refractivity contribution >= 4 is 26.7 Å². The predicted molar refractivity (Wildman–Crippen MR) is 82.2 cm³/mol. The van der Waals surface area contributed by atoms with Gasteiger partial charge in [0.05, 0.1) is 16.0 Å². The molecule has 0 saturated heterocycles. The van der Waals surface area contributed by atoms with E-state index in [-0.39, 0.29) is 10.8 Å². The Kier molecular flexibility index (Phi) is 4.47. The minimum atomic E-state index is -3.72. The van der Waals surface area contributed by atoms with Crippen molar-refractivity contribution in [3.63, 3.8) is 0 Å². The number of imidazole rings is 1. The topological polar surface area (TPSA) is 98.3 Å². The number of non-ortho nitro benzene ring substituents is 1. The van der Waals surface area contributed by atoms with Gasteiger partial charge in [0.2, 0.25) is 5.16 Å². The summed E-state index contributed by atoms with van der Waals surface area (Å²) in [5, 5.41) is 10.8. The third-order valence-corrected chi connectivity index (χ3v) is 5.47. The lowest BCUT2D eigenvalue weighted by atomic mass is 10.3. The zero-order chi connectivity index (χ0) is 16.5. The van der Waals surface area contributed by atoms with Crippen LogP contribution in [0.2, 0.25) is 0 Å². The van der Waals surface area contributed by atoms with Crippen LogP contribution in [0.4, 0.5) is 5.69 Å². The summed E-state index contributed by atoms with van der Waals surface area (Å²) in [5.41, 5.74) is 0.787. The second-order valence-corrected chi connectivity index (χ2v) is 6.49. The van der Waals surface area contributed by atoms with Crippen molar-refractivity contribution in [3.05, 3.63) is 28.3 Å². The molecule has 0 saturated carbocycles. The zero-order valence-electron chi connectivity index (χ0n) is 12.7. The second kappa shape index (κ2) is 6.01. The number of nitrogens with zero attached hydrogens (tertiary/aromatic N) is 4. The first-order chi connectivity index (χ1) is 10.4. The van der Waals surface area contributed by atoms with Crippen molar-refractivity contribution < 1.29 is 13.3 Å². The van der Waals surface area contributed by atoms with Crippen LogP contribution in [0.1, 0.15) is 20.8 Å². The first-order valence-corrected chi connectivity index (χ1v) is 8.45. The van der Waals surface area contributed by atoms with E-state index in [1.165, 1.54) is 27.1 Å². The van der Waals surface area contributed by atoms with Crippen LogP contribution in [0.3, 0.4) is 0 Å². The third kappa shape index (κ3) is 2.57. The maximum atomic E-state index is 12.7. The molecule has 2 rings (SSSR count). The number of nitro benzene ring substituents is 1. The summed E-state index contributed by atoms with van der Waals surface area (Å²) in [6.07, 6.45) is 0. The molecule has 8 nitrogen and oxygen atoms in total. The number of nitro groups is 1. The molecule has 0 aliphatic rings. The summed E-state index contributed by atoms with van der Waals surface area (Å²) in [6, 6.07) is 4.15. The molecule has 1 aromatic heterocycles. The smallest absolute Gasteiger partial charge is 0.277 e. The zero-order valence-corrected chi connectivity index (χ0v) is 13.5. The van der Waals surface area contributed by atoms with E-state index in [1.54, 1.807) is 20.8 Å². The number of benzene rings is 1. The number of aromatic nitrogens is 2. The summed E-state index contributed by atoms with van der Waals surface area (Å²) in [4.78, 5) is 14.6. The van der Waals surface area contributed by atoms with Crippen molar-refractivity contribution in [2.45, 2.75) is 32.5 Å². The maximum absolute atomic E-state index is 12.7. The van der Waals surface area contributed by atoms with Gasteiger partial charge in [-0.2, -0.15) is 4.31 Å². The number of fused-ring (bicyclic) bond motifs is 1. The molecule has 0 spiro atoms. The lowest BCUT2D eigenvalue weighted by molar-refractivity contribution is -0.384. The van der Waals surface area contributed by atoms with E-state index in [0.717, 1.165) is 0 Å². The van der Waals surface area contributed by atoms with Crippen molar-refractivity contribution in [1.82, 2.24) is 13.9 Å². The van der Waals surface area contributed by atoms with Crippen LogP contribution >= 0.6 is 0 Å². The highest BCUT2D eigenvalue weighted by Gasteiger charge is 2.28. The molecule has 0 aliphatic carbocycles. The number of hydrogen-bond acceptors (Lipinski definition) is 5. The Balaban J connectivity index is 2.72. The van der Waals surface area contributed by atoms with Crippen LogP contribution in [0.5, 0.6) is 0 Å². The summed E-state index contributed by atoms with van der Waals surface area (Å²) in [6.45, 7) is 6.32. The number of hydrogen-bond donors (Lipinski definition) is 0. The standard InChI is InChI=1S/C13H18N4O4S/c1-4-15(5-2)22(20,21)13-14-11-8-7-10(17(18)19)9-12(11)16(13)6-3/h7-9H,4-6H2,1-3H3. The fraction of sp³-hybridized carbons (Fsp3) is 0.462. The fourth-order valence-corrected chi connectivity index (χ4v) is 4.01. The average molecular weight is 326 g/mol. The van der Waals surface area contributed by atoms with E-state index in [4.69, 9.17) is 0 Å². The van der Waals surface area contributed by atoms with Crippen molar-refractivity contribution in [1.29, 1.82) is 0 Å². The average Bonchev–Trinajstić information content (AvgIpc) is 2.86. The van der Waals surface area contributed by atoms with Gasteiger partial charge in [-0.25, -0.2) is 13.4 Å². The Morgan fingerprint density at radius 3 is 2.41 bits per heavy atom. The van der Waals surface area contributed by atoms with Gasteiger partial charge in [0.25, 0.3) is 15.7 Å². The normalized spacial score (nSPS) is 12.2. The number of aryl methyl sites for hydroxylation is 1. The fourth-order valence-electron chi connectivity index (χ4n) is 2.38. The maximum Gasteiger partial charge on any atom is 0.277 e. The Morgan fingerprint density at radius 2 is 1.91 bits per heavy atom. The largest absolute Gasteiger partial charge is 0.314 e. The highest BCUT2D eigenvalue weighted by Crippen LogP contribution is 2.25. The predicted octanol–water partition coefficient (Wildman–Crippen LogP) is 1.99. The highest BCUT2D eigenvalue weighted by atomic mass is 32.2. The summed E-state index contributed by atoms with van der Waals surface area (Å²) in [5.74, 6) is 0. The first-order valence-electron chi connectivity index (χ1n) is 7.01. The molecule has 0 atom stereocenters. The monoisotopic (exact) mass is 326 g/mol. The van der Waals surface area contributed by atoms with Crippen LogP contribution in [0.25, 0.3) is 11.0 Å². The molecule has 22 heavy (non-hydrogen) atoms. The SMILES string of the molecule is CCN(CC)S(=O)(=O)c1nc2ccc([N+](=O)[O-])cc2n1CC. The van der Waals surface area contributed by atoms with Gasteiger partial charge in [-0.3, -0.25) is 10.1 Å². The van der Waals surface area contributed by atoms with Crippen LogP contribution in [0.15, 0.2) is 23.4 Å². The molecule has 0 amide bonds. The molecule has 9 heteroatoms. The van der Waals surface area contributed by atoms with E-state index < -0.39 is 14.9 Å². The number of sulfonamides is 1. The van der Waals surface area contributed by atoms with Crippen LogP contribution < -0.4 is 0 Å². The van der Waals surface area contributed by atoms with Crippen molar-refractivity contribution in [2.75, 3.05) is 13.1 Å². The summed E-state index contributed by atoms with van der Waals surface area (Å²) in [7, 11) is -3.72. The summed E-state index contributed by atoms with van der Waals surface area (Å²) >= 11 is 0.